The maximum atomic E-state index is 14.1. The van der Waals surface area contributed by atoms with E-state index < -0.39 is 0 Å². The first-order valence-electron chi connectivity index (χ1n) is 5.63. The molecule has 1 heterocycles. The van der Waals surface area contributed by atoms with E-state index in [4.69, 9.17) is 14.2 Å². The van der Waals surface area contributed by atoms with Crippen molar-refractivity contribution in [3.8, 4) is 22.8 Å². The number of hydrogen-bond donors (Lipinski definition) is 0. The van der Waals surface area contributed by atoms with Gasteiger partial charge in [-0.2, -0.15) is 5.10 Å². The van der Waals surface area contributed by atoms with Crippen LogP contribution in [-0.4, -0.2) is 31.2 Å². The van der Waals surface area contributed by atoms with Crippen molar-refractivity contribution >= 4 is 22.6 Å². The minimum Gasteiger partial charge on any atom is -0.480 e. The predicted octanol–water partition coefficient (Wildman–Crippen LogP) is 2.88. The largest absolute Gasteiger partial charge is 0.480 e. The highest BCUT2D eigenvalue weighted by atomic mass is 127. The standard InChI is InChI=1S/C13H12FIN2O3/c1-18-7-20-12-4-9(10(14)5-11(12)15)8-3-13(19-2)17-16-6-8/h3-6H,7H2,1-2H3. The number of halogens is 2. The van der Waals surface area contributed by atoms with Crippen molar-refractivity contribution in [2.45, 2.75) is 0 Å². The zero-order valence-corrected chi connectivity index (χ0v) is 13.0. The Morgan fingerprint density at radius 1 is 1.25 bits per heavy atom. The fraction of sp³-hybridized carbons (Fsp3) is 0.231. The summed E-state index contributed by atoms with van der Waals surface area (Å²) in [4.78, 5) is 0. The summed E-state index contributed by atoms with van der Waals surface area (Å²) in [7, 11) is 3.00. The van der Waals surface area contributed by atoms with Crippen molar-refractivity contribution in [1.82, 2.24) is 10.2 Å². The van der Waals surface area contributed by atoms with Crippen molar-refractivity contribution in [2.24, 2.45) is 0 Å². The topological polar surface area (TPSA) is 53.5 Å². The third-order valence-electron chi connectivity index (χ3n) is 2.51. The number of rotatable bonds is 5. The molecule has 2 rings (SSSR count). The summed E-state index contributed by atoms with van der Waals surface area (Å²) < 4.78 is 30.0. The first kappa shape index (κ1) is 14.9. The molecule has 0 amide bonds. The van der Waals surface area contributed by atoms with Crippen LogP contribution in [0, 0.1) is 9.39 Å². The molecule has 106 valence electrons. The first-order valence-corrected chi connectivity index (χ1v) is 6.71. The second kappa shape index (κ2) is 6.80. The van der Waals surface area contributed by atoms with Crippen LogP contribution in [0.2, 0.25) is 0 Å². The van der Waals surface area contributed by atoms with Gasteiger partial charge in [-0.25, -0.2) is 4.39 Å². The Kier molecular flexibility index (Phi) is 5.07. The van der Waals surface area contributed by atoms with Gasteiger partial charge in [-0.15, -0.1) is 5.10 Å². The van der Waals surface area contributed by atoms with Crippen LogP contribution in [0.3, 0.4) is 0 Å². The summed E-state index contributed by atoms with van der Waals surface area (Å²) in [6.45, 7) is 0.0962. The molecule has 0 bridgehead atoms. The van der Waals surface area contributed by atoms with Crippen molar-refractivity contribution in [2.75, 3.05) is 21.0 Å². The molecular weight excluding hydrogens is 378 g/mol. The number of aromatic nitrogens is 2. The molecule has 0 saturated heterocycles. The van der Waals surface area contributed by atoms with E-state index in [1.807, 2.05) is 22.6 Å². The highest BCUT2D eigenvalue weighted by Gasteiger charge is 2.12. The summed E-state index contributed by atoms with van der Waals surface area (Å²) in [5, 5.41) is 7.53. The Morgan fingerprint density at radius 2 is 2.05 bits per heavy atom. The molecule has 0 N–H and O–H groups in total. The van der Waals surface area contributed by atoms with Gasteiger partial charge in [0.15, 0.2) is 6.79 Å². The SMILES string of the molecule is COCOc1cc(-c2cnnc(OC)c2)c(F)cc1I. The van der Waals surface area contributed by atoms with Gasteiger partial charge >= 0.3 is 0 Å². The minimum atomic E-state index is -0.366. The van der Waals surface area contributed by atoms with E-state index in [2.05, 4.69) is 10.2 Å². The van der Waals surface area contributed by atoms with Gasteiger partial charge in [-0.05, 0) is 34.7 Å². The lowest BCUT2D eigenvalue weighted by molar-refractivity contribution is 0.0505. The molecule has 0 atom stereocenters. The molecule has 0 aliphatic rings. The van der Waals surface area contributed by atoms with Crippen molar-refractivity contribution < 1.29 is 18.6 Å². The molecule has 1 aromatic carbocycles. The summed E-state index contributed by atoms with van der Waals surface area (Å²) >= 11 is 2.00. The minimum absolute atomic E-state index is 0.0962. The average molecular weight is 390 g/mol. The van der Waals surface area contributed by atoms with E-state index in [9.17, 15) is 4.39 Å². The Labute approximate surface area is 129 Å². The van der Waals surface area contributed by atoms with Crippen LogP contribution < -0.4 is 9.47 Å². The molecular formula is C13H12FIN2O3. The van der Waals surface area contributed by atoms with Crippen molar-refractivity contribution in [3.63, 3.8) is 0 Å². The van der Waals surface area contributed by atoms with E-state index in [0.717, 1.165) is 0 Å². The monoisotopic (exact) mass is 390 g/mol. The zero-order valence-electron chi connectivity index (χ0n) is 10.9. The molecule has 5 nitrogen and oxygen atoms in total. The van der Waals surface area contributed by atoms with Crippen LogP contribution in [0.1, 0.15) is 0 Å². The molecule has 0 aliphatic carbocycles. The molecule has 20 heavy (non-hydrogen) atoms. The molecule has 0 unspecified atom stereocenters. The molecule has 0 fully saturated rings. The molecule has 7 heteroatoms. The third kappa shape index (κ3) is 3.34. The smallest absolute Gasteiger partial charge is 0.233 e. The summed E-state index contributed by atoms with van der Waals surface area (Å²) in [5.74, 6) is 0.494. The Morgan fingerprint density at radius 3 is 2.75 bits per heavy atom. The van der Waals surface area contributed by atoms with Crippen LogP contribution >= 0.6 is 22.6 Å². The molecule has 0 radical (unpaired) electrons. The van der Waals surface area contributed by atoms with Crippen LogP contribution in [-0.2, 0) is 4.74 Å². The fourth-order valence-electron chi connectivity index (χ4n) is 1.58. The second-order valence-corrected chi connectivity index (χ2v) is 4.96. The number of methoxy groups -OCH3 is 2. The number of ether oxygens (including phenoxy) is 3. The van der Waals surface area contributed by atoms with E-state index in [1.54, 1.807) is 12.1 Å². The van der Waals surface area contributed by atoms with Gasteiger partial charge in [0.05, 0.1) is 16.9 Å². The lowest BCUT2D eigenvalue weighted by Gasteiger charge is -2.11. The Bertz CT molecular complexity index is 610. The highest BCUT2D eigenvalue weighted by molar-refractivity contribution is 14.1. The second-order valence-electron chi connectivity index (χ2n) is 3.80. The van der Waals surface area contributed by atoms with Crippen LogP contribution in [0.15, 0.2) is 24.4 Å². The van der Waals surface area contributed by atoms with Crippen LogP contribution in [0.5, 0.6) is 11.6 Å². The zero-order chi connectivity index (χ0) is 14.5. The van der Waals surface area contributed by atoms with E-state index in [-0.39, 0.29) is 12.6 Å². The Balaban J connectivity index is 2.44. The lowest BCUT2D eigenvalue weighted by atomic mass is 10.1. The summed E-state index contributed by atoms with van der Waals surface area (Å²) in [6, 6.07) is 4.61. The fourth-order valence-corrected chi connectivity index (χ4v) is 2.16. The number of nitrogens with zero attached hydrogens (tertiary/aromatic N) is 2. The normalized spacial score (nSPS) is 10.4. The highest BCUT2D eigenvalue weighted by Crippen LogP contribution is 2.31. The predicted molar refractivity (Wildman–Crippen MR) is 79.2 cm³/mol. The lowest BCUT2D eigenvalue weighted by Crippen LogP contribution is -2.01. The van der Waals surface area contributed by atoms with Gasteiger partial charge in [-0.1, -0.05) is 0 Å². The number of hydrogen-bond acceptors (Lipinski definition) is 5. The number of benzene rings is 1. The maximum absolute atomic E-state index is 14.1. The van der Waals surface area contributed by atoms with Gasteiger partial charge < -0.3 is 14.2 Å². The van der Waals surface area contributed by atoms with E-state index in [0.29, 0.717) is 26.3 Å². The first-order chi connectivity index (χ1) is 9.65. The Hall–Kier alpha value is -1.48. The van der Waals surface area contributed by atoms with Crippen LogP contribution in [0.4, 0.5) is 4.39 Å². The van der Waals surface area contributed by atoms with Crippen molar-refractivity contribution in [3.05, 3.63) is 33.8 Å². The molecule has 2 aromatic rings. The van der Waals surface area contributed by atoms with Crippen LogP contribution in [0.25, 0.3) is 11.1 Å². The molecule has 0 saturated carbocycles. The maximum Gasteiger partial charge on any atom is 0.233 e. The molecule has 1 aromatic heterocycles. The van der Waals surface area contributed by atoms with Gasteiger partial charge in [0, 0.05) is 24.3 Å². The van der Waals surface area contributed by atoms with Gasteiger partial charge in [0.25, 0.3) is 0 Å². The molecule has 0 aliphatic heterocycles. The van der Waals surface area contributed by atoms with Crippen molar-refractivity contribution in [1.29, 1.82) is 0 Å². The third-order valence-corrected chi connectivity index (χ3v) is 3.35. The van der Waals surface area contributed by atoms with Gasteiger partial charge in [0.2, 0.25) is 5.88 Å². The van der Waals surface area contributed by atoms with E-state index in [1.165, 1.54) is 26.5 Å². The average Bonchev–Trinajstić information content (AvgIpc) is 2.46. The van der Waals surface area contributed by atoms with Gasteiger partial charge in [-0.3, -0.25) is 0 Å². The van der Waals surface area contributed by atoms with Gasteiger partial charge in [0.1, 0.15) is 11.6 Å². The quantitative estimate of drug-likeness (QED) is 0.581. The summed E-state index contributed by atoms with van der Waals surface area (Å²) in [5.41, 5.74) is 0.928. The summed E-state index contributed by atoms with van der Waals surface area (Å²) in [6.07, 6.45) is 1.47. The molecule has 0 spiro atoms. The van der Waals surface area contributed by atoms with E-state index >= 15 is 0 Å².